The summed E-state index contributed by atoms with van der Waals surface area (Å²) in [6.45, 7) is 4.08. The van der Waals surface area contributed by atoms with Crippen LogP contribution in [0.5, 0.6) is 5.75 Å². The SMILES string of the molecule is CNC(c1ccc(F)c(Cl)c1)c1c(OC)cnn1C(C)C. The van der Waals surface area contributed by atoms with Crippen molar-refractivity contribution in [3.05, 3.63) is 46.5 Å². The fourth-order valence-electron chi connectivity index (χ4n) is 2.35. The van der Waals surface area contributed by atoms with Gasteiger partial charge in [0.25, 0.3) is 0 Å². The average molecular weight is 312 g/mol. The van der Waals surface area contributed by atoms with Crippen LogP contribution in [0.15, 0.2) is 24.4 Å². The van der Waals surface area contributed by atoms with Crippen molar-refractivity contribution < 1.29 is 9.13 Å². The molecule has 2 rings (SSSR count). The number of nitrogens with one attached hydrogen (secondary N) is 1. The predicted molar refractivity (Wildman–Crippen MR) is 81.5 cm³/mol. The molecule has 0 aliphatic carbocycles. The number of rotatable bonds is 5. The van der Waals surface area contributed by atoms with E-state index < -0.39 is 5.82 Å². The van der Waals surface area contributed by atoms with Gasteiger partial charge >= 0.3 is 0 Å². The highest BCUT2D eigenvalue weighted by Crippen LogP contribution is 2.33. The third kappa shape index (κ3) is 3.04. The molecule has 4 nitrogen and oxygen atoms in total. The van der Waals surface area contributed by atoms with Gasteiger partial charge in [-0.3, -0.25) is 4.68 Å². The molecular formula is C15H19ClFN3O. The van der Waals surface area contributed by atoms with Crippen LogP contribution >= 0.6 is 11.6 Å². The highest BCUT2D eigenvalue weighted by atomic mass is 35.5. The molecule has 6 heteroatoms. The molecule has 1 aromatic carbocycles. The van der Waals surface area contributed by atoms with Crippen LogP contribution in [0.3, 0.4) is 0 Å². The van der Waals surface area contributed by atoms with Crippen LogP contribution in [0.4, 0.5) is 4.39 Å². The molecule has 0 radical (unpaired) electrons. The standard InChI is InChI=1S/C15H19ClFN3O/c1-9(2)20-15(13(21-4)8-19-20)14(18-3)10-5-6-12(17)11(16)7-10/h5-9,14,18H,1-4H3. The van der Waals surface area contributed by atoms with Gasteiger partial charge in [-0.2, -0.15) is 5.10 Å². The van der Waals surface area contributed by atoms with Gasteiger partial charge < -0.3 is 10.1 Å². The Hall–Kier alpha value is -1.59. The molecule has 0 bridgehead atoms. The fourth-order valence-corrected chi connectivity index (χ4v) is 2.54. The van der Waals surface area contributed by atoms with E-state index >= 15 is 0 Å². The number of benzene rings is 1. The van der Waals surface area contributed by atoms with Crippen molar-refractivity contribution in [3.63, 3.8) is 0 Å². The van der Waals surface area contributed by atoms with E-state index in [1.807, 2.05) is 25.6 Å². The van der Waals surface area contributed by atoms with Gasteiger partial charge in [0, 0.05) is 6.04 Å². The topological polar surface area (TPSA) is 39.1 Å². The molecular weight excluding hydrogens is 293 g/mol. The van der Waals surface area contributed by atoms with Crippen LogP contribution in [0.1, 0.15) is 37.2 Å². The van der Waals surface area contributed by atoms with E-state index in [9.17, 15) is 4.39 Å². The number of methoxy groups -OCH3 is 1. The van der Waals surface area contributed by atoms with Crippen LogP contribution in [0, 0.1) is 5.82 Å². The number of hydrogen-bond acceptors (Lipinski definition) is 3. The lowest BCUT2D eigenvalue weighted by Gasteiger charge is -2.21. The Kier molecular flexibility index (Phi) is 4.85. The van der Waals surface area contributed by atoms with E-state index in [4.69, 9.17) is 16.3 Å². The van der Waals surface area contributed by atoms with Crippen molar-refractivity contribution in [1.82, 2.24) is 15.1 Å². The third-order valence-electron chi connectivity index (χ3n) is 3.35. The van der Waals surface area contributed by atoms with Gasteiger partial charge in [0.2, 0.25) is 0 Å². The second-order valence-electron chi connectivity index (χ2n) is 5.03. The quantitative estimate of drug-likeness (QED) is 0.917. The number of ether oxygens (including phenoxy) is 1. The molecule has 1 aromatic heterocycles. The summed E-state index contributed by atoms with van der Waals surface area (Å²) in [5, 5.41) is 7.68. The van der Waals surface area contributed by atoms with Crippen molar-refractivity contribution in [1.29, 1.82) is 0 Å². The molecule has 21 heavy (non-hydrogen) atoms. The lowest BCUT2D eigenvalue weighted by atomic mass is 10.0. The second kappa shape index (κ2) is 6.45. The molecule has 0 saturated carbocycles. The summed E-state index contributed by atoms with van der Waals surface area (Å²) >= 11 is 5.90. The highest BCUT2D eigenvalue weighted by Gasteiger charge is 2.24. The molecule has 114 valence electrons. The second-order valence-corrected chi connectivity index (χ2v) is 5.44. The minimum absolute atomic E-state index is 0.0994. The molecule has 1 heterocycles. The van der Waals surface area contributed by atoms with Crippen molar-refractivity contribution in [2.45, 2.75) is 25.9 Å². The number of hydrogen-bond donors (Lipinski definition) is 1. The third-order valence-corrected chi connectivity index (χ3v) is 3.64. The molecule has 1 atom stereocenters. The summed E-state index contributed by atoms with van der Waals surface area (Å²) in [6.07, 6.45) is 1.69. The summed E-state index contributed by atoms with van der Waals surface area (Å²) in [6, 6.07) is 4.68. The van der Waals surface area contributed by atoms with Gasteiger partial charge in [0.1, 0.15) is 11.5 Å². The molecule has 0 fully saturated rings. The summed E-state index contributed by atoms with van der Waals surface area (Å²) < 4.78 is 20.7. The smallest absolute Gasteiger partial charge is 0.161 e. The Morgan fingerprint density at radius 3 is 2.62 bits per heavy atom. The number of halogens is 2. The first-order valence-corrected chi connectivity index (χ1v) is 7.11. The monoisotopic (exact) mass is 311 g/mol. The van der Waals surface area contributed by atoms with E-state index in [1.54, 1.807) is 25.4 Å². The summed E-state index contributed by atoms with van der Waals surface area (Å²) in [4.78, 5) is 0. The van der Waals surface area contributed by atoms with Crippen LogP contribution in [0.2, 0.25) is 5.02 Å². The molecule has 0 aliphatic heterocycles. The van der Waals surface area contributed by atoms with E-state index in [-0.39, 0.29) is 17.1 Å². The van der Waals surface area contributed by atoms with Crippen LogP contribution in [-0.4, -0.2) is 23.9 Å². The number of nitrogens with zero attached hydrogens (tertiary/aromatic N) is 2. The van der Waals surface area contributed by atoms with Crippen LogP contribution < -0.4 is 10.1 Å². The Morgan fingerprint density at radius 1 is 1.38 bits per heavy atom. The van der Waals surface area contributed by atoms with Gasteiger partial charge in [-0.15, -0.1) is 0 Å². The molecule has 2 aromatic rings. The van der Waals surface area contributed by atoms with Crippen molar-refractivity contribution >= 4 is 11.6 Å². The number of aromatic nitrogens is 2. The van der Waals surface area contributed by atoms with Gasteiger partial charge in [-0.1, -0.05) is 17.7 Å². The molecule has 0 amide bonds. The van der Waals surface area contributed by atoms with Crippen molar-refractivity contribution in [2.24, 2.45) is 0 Å². The molecule has 0 saturated heterocycles. The maximum Gasteiger partial charge on any atom is 0.161 e. The first-order chi connectivity index (χ1) is 9.99. The lowest BCUT2D eigenvalue weighted by molar-refractivity contribution is 0.396. The van der Waals surface area contributed by atoms with Gasteiger partial charge in [-0.05, 0) is 38.6 Å². The maximum atomic E-state index is 13.4. The van der Waals surface area contributed by atoms with Gasteiger partial charge in [-0.25, -0.2) is 4.39 Å². The zero-order valence-electron chi connectivity index (χ0n) is 12.5. The van der Waals surface area contributed by atoms with Crippen molar-refractivity contribution in [2.75, 3.05) is 14.2 Å². The molecule has 0 aliphatic rings. The first-order valence-electron chi connectivity index (χ1n) is 6.73. The van der Waals surface area contributed by atoms with E-state index in [1.165, 1.54) is 6.07 Å². The zero-order valence-corrected chi connectivity index (χ0v) is 13.3. The minimum atomic E-state index is -0.431. The van der Waals surface area contributed by atoms with Crippen molar-refractivity contribution in [3.8, 4) is 5.75 Å². The Balaban J connectivity index is 2.55. The highest BCUT2D eigenvalue weighted by molar-refractivity contribution is 6.30. The van der Waals surface area contributed by atoms with Gasteiger partial charge in [0.05, 0.1) is 24.4 Å². The minimum Gasteiger partial charge on any atom is -0.493 e. The Labute approximate surface area is 128 Å². The van der Waals surface area contributed by atoms with E-state index in [0.29, 0.717) is 5.75 Å². The molecule has 0 spiro atoms. The zero-order chi connectivity index (χ0) is 15.6. The normalized spacial score (nSPS) is 12.7. The summed E-state index contributed by atoms with van der Waals surface area (Å²) in [7, 11) is 3.44. The Morgan fingerprint density at radius 2 is 2.10 bits per heavy atom. The fraction of sp³-hybridized carbons (Fsp3) is 0.400. The largest absolute Gasteiger partial charge is 0.493 e. The van der Waals surface area contributed by atoms with E-state index in [2.05, 4.69) is 10.4 Å². The Bertz CT molecular complexity index is 627. The maximum absolute atomic E-state index is 13.4. The lowest BCUT2D eigenvalue weighted by Crippen LogP contribution is -2.23. The predicted octanol–water partition coefficient (Wildman–Crippen LogP) is 3.57. The first kappa shape index (κ1) is 15.8. The summed E-state index contributed by atoms with van der Waals surface area (Å²) in [5.74, 6) is 0.253. The van der Waals surface area contributed by atoms with E-state index in [0.717, 1.165) is 11.3 Å². The van der Waals surface area contributed by atoms with Crippen LogP contribution in [0.25, 0.3) is 0 Å². The van der Waals surface area contributed by atoms with Gasteiger partial charge in [0.15, 0.2) is 5.75 Å². The van der Waals surface area contributed by atoms with Crippen LogP contribution in [-0.2, 0) is 0 Å². The summed E-state index contributed by atoms with van der Waals surface area (Å²) in [5.41, 5.74) is 1.74. The molecule has 1 unspecified atom stereocenters. The average Bonchev–Trinajstić information content (AvgIpc) is 2.87. The molecule has 1 N–H and O–H groups in total.